The number of nitrogens with zero attached hydrogens (tertiary/aromatic N) is 1. The Morgan fingerprint density at radius 2 is 1.66 bits per heavy atom. The van der Waals surface area contributed by atoms with Crippen LogP contribution in [0, 0.1) is 0 Å². The summed E-state index contributed by atoms with van der Waals surface area (Å²) in [5, 5.41) is 18.7. The van der Waals surface area contributed by atoms with E-state index >= 15 is 0 Å². The molecule has 0 aliphatic carbocycles. The summed E-state index contributed by atoms with van der Waals surface area (Å²) in [5.41, 5.74) is -0.624. The Morgan fingerprint density at radius 1 is 1.06 bits per heavy atom. The first-order valence-corrected chi connectivity index (χ1v) is 9.60. The third kappa shape index (κ3) is 11.1. The van der Waals surface area contributed by atoms with E-state index in [1.807, 2.05) is 0 Å². The average molecular weight is 470 g/mol. The number of aliphatic carboxylic acids is 2. The van der Waals surface area contributed by atoms with Crippen molar-refractivity contribution in [2.75, 3.05) is 19.6 Å². The minimum Gasteiger partial charge on any atom is -0.478 e. The van der Waals surface area contributed by atoms with Gasteiger partial charge >= 0.3 is 24.3 Å². The Balaban J connectivity index is 0.000000547. The van der Waals surface area contributed by atoms with Crippen molar-refractivity contribution in [2.45, 2.75) is 44.2 Å². The van der Waals surface area contributed by atoms with E-state index in [9.17, 15) is 35.9 Å². The molecule has 0 unspecified atom stereocenters. The standard InChI is InChI=1S/C16H20F6N2.C4H4O4/c17-15(18,19)7-3-9-24(13-6-8-23-10-13)11-12-4-1-2-5-14(12)16(20,21)22;5-3(6)1-2-4(7)8/h1-2,4-5,13,23H,3,6-11H2;1-2H,(H,5,6)(H,7,8)/t13-;/m0./s1. The lowest BCUT2D eigenvalue weighted by Crippen LogP contribution is -2.38. The van der Waals surface area contributed by atoms with Gasteiger partial charge in [0.1, 0.15) is 0 Å². The number of rotatable bonds is 8. The Labute approximate surface area is 180 Å². The first-order valence-electron chi connectivity index (χ1n) is 9.60. The van der Waals surface area contributed by atoms with Crippen LogP contribution in [0.5, 0.6) is 0 Å². The second-order valence-corrected chi connectivity index (χ2v) is 7.00. The van der Waals surface area contributed by atoms with Gasteiger partial charge in [0.05, 0.1) is 5.56 Å². The monoisotopic (exact) mass is 470 g/mol. The second kappa shape index (κ2) is 12.4. The molecule has 3 N–H and O–H groups in total. The summed E-state index contributed by atoms with van der Waals surface area (Å²) in [4.78, 5) is 20.8. The van der Waals surface area contributed by atoms with Gasteiger partial charge in [-0.2, -0.15) is 26.3 Å². The first kappa shape index (κ1) is 27.4. The minimum atomic E-state index is -4.47. The molecule has 0 spiro atoms. The zero-order chi connectivity index (χ0) is 24.4. The van der Waals surface area contributed by atoms with Gasteiger partial charge in [-0.3, -0.25) is 4.90 Å². The van der Waals surface area contributed by atoms with Crippen molar-refractivity contribution in [2.24, 2.45) is 0 Å². The van der Waals surface area contributed by atoms with Gasteiger partial charge in [-0.05, 0) is 37.6 Å². The van der Waals surface area contributed by atoms with Crippen molar-refractivity contribution >= 4 is 11.9 Å². The lowest BCUT2D eigenvalue weighted by atomic mass is 10.0. The average Bonchev–Trinajstić information content (AvgIpc) is 3.19. The van der Waals surface area contributed by atoms with Crippen molar-refractivity contribution in [1.82, 2.24) is 10.2 Å². The largest absolute Gasteiger partial charge is 0.478 e. The fourth-order valence-electron chi connectivity index (χ4n) is 3.12. The zero-order valence-electron chi connectivity index (χ0n) is 16.9. The summed E-state index contributed by atoms with van der Waals surface area (Å²) < 4.78 is 76.4. The summed E-state index contributed by atoms with van der Waals surface area (Å²) in [6.07, 6.45) is -7.92. The molecule has 1 saturated heterocycles. The maximum Gasteiger partial charge on any atom is 0.416 e. The number of alkyl halides is 6. The molecule has 2 rings (SSSR count). The maximum atomic E-state index is 13.1. The fraction of sp³-hybridized carbons (Fsp3) is 0.500. The number of carboxylic acid groups (broad SMARTS) is 2. The summed E-state index contributed by atoms with van der Waals surface area (Å²) in [5.74, 6) is -2.51. The third-order valence-electron chi connectivity index (χ3n) is 4.52. The molecule has 32 heavy (non-hydrogen) atoms. The van der Waals surface area contributed by atoms with Gasteiger partial charge in [-0.1, -0.05) is 18.2 Å². The normalized spacial score (nSPS) is 16.8. The molecular weight excluding hydrogens is 446 g/mol. The first-order chi connectivity index (χ1) is 14.8. The van der Waals surface area contributed by atoms with E-state index in [4.69, 9.17) is 10.2 Å². The molecule has 1 aliphatic rings. The number of hydrogen-bond acceptors (Lipinski definition) is 4. The highest BCUT2D eigenvalue weighted by atomic mass is 19.4. The van der Waals surface area contributed by atoms with Crippen molar-refractivity contribution < 1.29 is 46.1 Å². The van der Waals surface area contributed by atoms with Gasteiger partial charge in [0, 0.05) is 37.7 Å². The molecule has 0 aromatic heterocycles. The molecule has 6 nitrogen and oxygen atoms in total. The van der Waals surface area contributed by atoms with Crippen LogP contribution in [0.1, 0.15) is 30.4 Å². The Kier molecular flexibility index (Phi) is 10.7. The second-order valence-electron chi connectivity index (χ2n) is 7.00. The highest BCUT2D eigenvalue weighted by Gasteiger charge is 2.34. The maximum absolute atomic E-state index is 13.1. The molecule has 0 saturated carbocycles. The van der Waals surface area contributed by atoms with Gasteiger partial charge in [0.25, 0.3) is 0 Å². The number of hydrogen-bond donors (Lipinski definition) is 3. The smallest absolute Gasteiger partial charge is 0.416 e. The Hall–Kier alpha value is -2.60. The molecule has 1 aromatic carbocycles. The van der Waals surface area contributed by atoms with Crippen LogP contribution in [0.2, 0.25) is 0 Å². The van der Waals surface area contributed by atoms with Gasteiger partial charge in [-0.25, -0.2) is 9.59 Å². The molecule has 180 valence electrons. The fourth-order valence-corrected chi connectivity index (χ4v) is 3.12. The van der Waals surface area contributed by atoms with Crippen LogP contribution in [-0.2, 0) is 22.3 Å². The number of carboxylic acids is 2. The molecule has 0 radical (unpaired) electrons. The van der Waals surface area contributed by atoms with E-state index in [1.165, 1.54) is 18.2 Å². The van der Waals surface area contributed by atoms with Crippen LogP contribution in [0.3, 0.4) is 0 Å². The summed E-state index contributed by atoms with van der Waals surface area (Å²) in [6, 6.07) is 5.19. The van der Waals surface area contributed by atoms with Gasteiger partial charge in [-0.15, -0.1) is 0 Å². The van der Waals surface area contributed by atoms with Crippen LogP contribution < -0.4 is 5.32 Å². The summed E-state index contributed by atoms with van der Waals surface area (Å²) >= 11 is 0. The minimum absolute atomic E-state index is 0.000112. The molecule has 0 amide bonds. The molecule has 0 bridgehead atoms. The van der Waals surface area contributed by atoms with Crippen LogP contribution in [0.4, 0.5) is 26.3 Å². The van der Waals surface area contributed by atoms with Crippen molar-refractivity contribution in [1.29, 1.82) is 0 Å². The lowest BCUT2D eigenvalue weighted by molar-refractivity contribution is -0.138. The molecule has 1 atom stereocenters. The molecule has 1 aliphatic heterocycles. The van der Waals surface area contributed by atoms with E-state index in [2.05, 4.69) is 5.32 Å². The summed E-state index contributed by atoms with van der Waals surface area (Å²) in [6.45, 7) is 1.43. The van der Waals surface area contributed by atoms with E-state index in [0.717, 1.165) is 19.0 Å². The van der Waals surface area contributed by atoms with Crippen LogP contribution >= 0.6 is 0 Å². The Morgan fingerprint density at radius 3 is 2.12 bits per heavy atom. The number of benzene rings is 1. The van der Waals surface area contributed by atoms with E-state index in [-0.39, 0.29) is 31.1 Å². The Bertz CT molecular complexity index is 758. The molecule has 1 fully saturated rings. The highest BCUT2D eigenvalue weighted by Crippen LogP contribution is 2.33. The molecular formula is C20H24F6N2O4. The third-order valence-corrected chi connectivity index (χ3v) is 4.52. The van der Waals surface area contributed by atoms with E-state index in [0.29, 0.717) is 18.7 Å². The molecule has 1 aromatic rings. The number of halogens is 6. The van der Waals surface area contributed by atoms with Crippen molar-refractivity contribution in [3.63, 3.8) is 0 Å². The van der Waals surface area contributed by atoms with E-state index < -0.39 is 36.3 Å². The van der Waals surface area contributed by atoms with E-state index in [1.54, 1.807) is 4.90 Å². The number of nitrogens with one attached hydrogen (secondary N) is 1. The van der Waals surface area contributed by atoms with Crippen LogP contribution in [0.15, 0.2) is 36.4 Å². The predicted molar refractivity (Wildman–Crippen MR) is 103 cm³/mol. The predicted octanol–water partition coefficient (Wildman–Crippen LogP) is 3.92. The van der Waals surface area contributed by atoms with Crippen LogP contribution in [-0.4, -0.2) is 58.9 Å². The van der Waals surface area contributed by atoms with Gasteiger partial charge in [0.2, 0.25) is 0 Å². The summed E-state index contributed by atoms with van der Waals surface area (Å²) in [7, 11) is 0. The quantitative estimate of drug-likeness (QED) is 0.394. The van der Waals surface area contributed by atoms with Crippen LogP contribution in [0.25, 0.3) is 0 Å². The van der Waals surface area contributed by atoms with Crippen molar-refractivity contribution in [3.8, 4) is 0 Å². The zero-order valence-corrected chi connectivity index (χ0v) is 16.9. The highest BCUT2D eigenvalue weighted by molar-refractivity contribution is 5.89. The lowest BCUT2D eigenvalue weighted by Gasteiger charge is -2.29. The van der Waals surface area contributed by atoms with Crippen molar-refractivity contribution in [3.05, 3.63) is 47.5 Å². The van der Waals surface area contributed by atoms with Gasteiger partial charge in [0.15, 0.2) is 0 Å². The topological polar surface area (TPSA) is 89.9 Å². The number of carbonyl (C=O) groups is 2. The molecule has 12 heteroatoms. The van der Waals surface area contributed by atoms with Gasteiger partial charge < -0.3 is 15.5 Å². The SMILES string of the molecule is FC(F)(F)CCCN(Cc1ccccc1C(F)(F)F)[C@H]1CCNC1.O=C(O)C=CC(=O)O. The molecule has 1 heterocycles.